The van der Waals surface area contributed by atoms with Gasteiger partial charge in [-0.05, 0) is 37.8 Å². The van der Waals surface area contributed by atoms with Gasteiger partial charge in [0.25, 0.3) is 0 Å². The molecule has 1 aromatic carbocycles. The van der Waals surface area contributed by atoms with E-state index in [4.69, 9.17) is 0 Å². The summed E-state index contributed by atoms with van der Waals surface area (Å²) in [6.07, 6.45) is 4.30. The quantitative estimate of drug-likeness (QED) is 0.821. The van der Waals surface area contributed by atoms with Crippen molar-refractivity contribution in [2.24, 2.45) is 11.3 Å². The van der Waals surface area contributed by atoms with Crippen LogP contribution in [0.2, 0.25) is 0 Å². The molecule has 1 saturated carbocycles. The van der Waals surface area contributed by atoms with Crippen LogP contribution in [0.25, 0.3) is 0 Å². The highest BCUT2D eigenvalue weighted by Gasteiger charge is 2.52. The van der Waals surface area contributed by atoms with E-state index in [9.17, 15) is 4.79 Å². The Hall–Kier alpha value is -1.15. The van der Waals surface area contributed by atoms with Crippen LogP contribution in [0.4, 0.5) is 0 Å². The molecule has 0 aromatic heterocycles. The van der Waals surface area contributed by atoms with Gasteiger partial charge < -0.3 is 5.32 Å². The molecule has 0 amide bonds. The zero-order valence-electron chi connectivity index (χ0n) is 11.0. The van der Waals surface area contributed by atoms with E-state index in [2.05, 4.69) is 36.5 Å². The zero-order chi connectivity index (χ0) is 12.6. The molecule has 1 aromatic rings. The van der Waals surface area contributed by atoms with Crippen molar-refractivity contribution < 1.29 is 4.79 Å². The lowest BCUT2D eigenvalue weighted by atomic mass is 9.69. The molecule has 18 heavy (non-hydrogen) atoms. The van der Waals surface area contributed by atoms with Crippen molar-refractivity contribution in [1.82, 2.24) is 5.32 Å². The fraction of sp³-hybridized carbons (Fsp3) is 0.562. The molecule has 1 spiro atoms. The van der Waals surface area contributed by atoms with Crippen LogP contribution in [0, 0.1) is 11.3 Å². The molecule has 3 unspecified atom stereocenters. The lowest BCUT2D eigenvalue weighted by Gasteiger charge is -2.41. The van der Waals surface area contributed by atoms with Gasteiger partial charge in [0.05, 0.1) is 0 Å². The topological polar surface area (TPSA) is 29.1 Å². The first-order valence-corrected chi connectivity index (χ1v) is 7.07. The van der Waals surface area contributed by atoms with Crippen molar-refractivity contribution >= 4 is 5.78 Å². The van der Waals surface area contributed by atoms with E-state index in [1.165, 1.54) is 5.56 Å². The van der Waals surface area contributed by atoms with E-state index in [0.717, 1.165) is 32.2 Å². The predicted octanol–water partition coefficient (Wildman–Crippen LogP) is 3.10. The zero-order valence-corrected chi connectivity index (χ0v) is 11.0. The van der Waals surface area contributed by atoms with Crippen LogP contribution in [0.3, 0.4) is 0 Å². The Labute approximate surface area is 109 Å². The van der Waals surface area contributed by atoms with Crippen LogP contribution in [0.1, 0.15) is 44.2 Å². The van der Waals surface area contributed by atoms with Gasteiger partial charge >= 0.3 is 0 Å². The number of hydrogen-bond acceptors (Lipinski definition) is 2. The molecular formula is C16H21NO. The summed E-state index contributed by atoms with van der Waals surface area (Å²) in [5.41, 5.74) is 1.15. The highest BCUT2D eigenvalue weighted by Crippen LogP contribution is 2.51. The fourth-order valence-electron chi connectivity index (χ4n) is 3.83. The highest BCUT2D eigenvalue weighted by molar-refractivity contribution is 5.89. The average molecular weight is 243 g/mol. The Morgan fingerprint density at radius 1 is 1.22 bits per heavy atom. The minimum Gasteiger partial charge on any atom is -0.309 e. The summed E-state index contributed by atoms with van der Waals surface area (Å²) in [6.45, 7) is 3.12. The summed E-state index contributed by atoms with van der Waals surface area (Å²) >= 11 is 0. The lowest BCUT2D eigenvalue weighted by Crippen LogP contribution is -2.46. The molecule has 0 radical (unpaired) electrons. The number of rotatable bonds is 1. The summed E-state index contributed by atoms with van der Waals surface area (Å²) in [6, 6.07) is 10.7. The Kier molecular flexibility index (Phi) is 2.98. The van der Waals surface area contributed by atoms with Crippen LogP contribution in [-0.4, -0.2) is 12.3 Å². The first kappa shape index (κ1) is 11.9. The maximum atomic E-state index is 12.6. The Bertz CT molecular complexity index is 438. The lowest BCUT2D eigenvalue weighted by molar-refractivity contribution is -0.131. The molecule has 2 aliphatic rings. The van der Waals surface area contributed by atoms with Gasteiger partial charge in [0.15, 0.2) is 0 Å². The monoisotopic (exact) mass is 243 g/mol. The molecule has 1 N–H and O–H groups in total. The Balaban J connectivity index is 1.99. The average Bonchev–Trinajstić information content (AvgIpc) is 2.70. The third-order valence-corrected chi connectivity index (χ3v) is 4.80. The second-order valence-electron chi connectivity index (χ2n) is 5.86. The van der Waals surface area contributed by atoms with Crippen LogP contribution in [0.15, 0.2) is 30.3 Å². The fourth-order valence-corrected chi connectivity index (χ4v) is 3.83. The van der Waals surface area contributed by atoms with Crippen molar-refractivity contribution in [3.8, 4) is 0 Å². The second kappa shape index (κ2) is 4.51. The molecule has 2 heteroatoms. The molecule has 1 aliphatic heterocycles. The van der Waals surface area contributed by atoms with Gasteiger partial charge in [-0.1, -0.05) is 37.3 Å². The molecule has 1 aliphatic carbocycles. The SMILES string of the molecule is CC1CCC2(CCCNC2c2ccccc2)C1=O. The number of hydrogen-bond donors (Lipinski definition) is 1. The maximum Gasteiger partial charge on any atom is 0.143 e. The standard InChI is InChI=1S/C16H21NO/c1-12-8-10-16(15(12)18)9-5-11-17-14(16)13-6-3-2-4-7-13/h2-4,6-7,12,14,17H,5,8-11H2,1H3. The van der Waals surface area contributed by atoms with Crippen molar-refractivity contribution in [3.05, 3.63) is 35.9 Å². The third-order valence-electron chi connectivity index (χ3n) is 4.80. The first-order chi connectivity index (χ1) is 8.74. The van der Waals surface area contributed by atoms with E-state index in [0.29, 0.717) is 5.78 Å². The molecule has 0 bridgehead atoms. The van der Waals surface area contributed by atoms with E-state index >= 15 is 0 Å². The minimum absolute atomic E-state index is 0.126. The summed E-state index contributed by atoms with van der Waals surface area (Å²) < 4.78 is 0. The van der Waals surface area contributed by atoms with Gasteiger partial charge in [0.1, 0.15) is 5.78 Å². The van der Waals surface area contributed by atoms with Crippen LogP contribution in [0.5, 0.6) is 0 Å². The molecule has 2 fully saturated rings. The van der Waals surface area contributed by atoms with E-state index in [-0.39, 0.29) is 17.4 Å². The molecule has 96 valence electrons. The first-order valence-electron chi connectivity index (χ1n) is 7.07. The smallest absolute Gasteiger partial charge is 0.143 e. The highest BCUT2D eigenvalue weighted by atomic mass is 16.1. The van der Waals surface area contributed by atoms with Gasteiger partial charge in [-0.15, -0.1) is 0 Å². The van der Waals surface area contributed by atoms with Crippen molar-refractivity contribution in [3.63, 3.8) is 0 Å². The summed E-state index contributed by atoms with van der Waals surface area (Å²) in [7, 11) is 0. The van der Waals surface area contributed by atoms with Gasteiger partial charge in [0, 0.05) is 17.4 Å². The van der Waals surface area contributed by atoms with Gasteiger partial charge in [-0.3, -0.25) is 4.79 Å². The van der Waals surface area contributed by atoms with Gasteiger partial charge in [-0.25, -0.2) is 0 Å². The van der Waals surface area contributed by atoms with E-state index in [1.807, 2.05) is 6.07 Å². The van der Waals surface area contributed by atoms with E-state index in [1.54, 1.807) is 0 Å². The Morgan fingerprint density at radius 2 is 2.00 bits per heavy atom. The largest absolute Gasteiger partial charge is 0.309 e. The maximum absolute atomic E-state index is 12.6. The Morgan fingerprint density at radius 3 is 2.67 bits per heavy atom. The van der Waals surface area contributed by atoms with Gasteiger partial charge in [-0.2, -0.15) is 0 Å². The number of piperidine rings is 1. The summed E-state index contributed by atoms with van der Waals surface area (Å²) in [5.74, 6) is 0.736. The number of benzene rings is 1. The second-order valence-corrected chi connectivity index (χ2v) is 5.86. The molecule has 2 nitrogen and oxygen atoms in total. The number of carbonyl (C=O) groups excluding carboxylic acids is 1. The predicted molar refractivity (Wildman–Crippen MR) is 72.3 cm³/mol. The minimum atomic E-state index is -0.126. The van der Waals surface area contributed by atoms with Crippen molar-refractivity contribution in [2.75, 3.05) is 6.54 Å². The number of nitrogens with one attached hydrogen (secondary N) is 1. The van der Waals surface area contributed by atoms with Crippen LogP contribution < -0.4 is 5.32 Å². The van der Waals surface area contributed by atoms with Crippen LogP contribution >= 0.6 is 0 Å². The molecular weight excluding hydrogens is 222 g/mol. The van der Waals surface area contributed by atoms with Crippen molar-refractivity contribution in [1.29, 1.82) is 0 Å². The van der Waals surface area contributed by atoms with Gasteiger partial charge in [0.2, 0.25) is 0 Å². The summed E-state index contributed by atoms with van der Waals surface area (Å²) in [5, 5.41) is 3.60. The number of carbonyl (C=O) groups is 1. The molecule has 1 heterocycles. The normalized spacial score (nSPS) is 36.2. The van der Waals surface area contributed by atoms with Crippen molar-refractivity contribution in [2.45, 2.75) is 38.6 Å². The number of ketones is 1. The molecule has 3 atom stereocenters. The number of Topliss-reactive ketones (excluding diaryl/α,β-unsaturated/α-hetero) is 1. The van der Waals surface area contributed by atoms with Crippen LogP contribution in [-0.2, 0) is 4.79 Å². The third kappa shape index (κ3) is 1.71. The van der Waals surface area contributed by atoms with E-state index < -0.39 is 0 Å². The molecule has 1 saturated heterocycles. The molecule has 3 rings (SSSR count). The summed E-state index contributed by atoms with van der Waals surface area (Å²) in [4.78, 5) is 12.6.